The molecule has 0 saturated carbocycles. The van der Waals surface area contributed by atoms with Crippen molar-refractivity contribution in [1.82, 2.24) is 4.90 Å². The monoisotopic (exact) mass is 264 g/mol. The number of likely N-dealkylation sites (N-methyl/N-ethyl adjacent to an activating group) is 1. The Balaban J connectivity index is 2.79. The fraction of sp³-hybridized carbons (Fsp3) is 0.500. The number of anilines is 1. The van der Waals surface area contributed by atoms with E-state index in [-0.39, 0.29) is 5.84 Å². The normalized spacial score (nSPS) is 11.9. The van der Waals surface area contributed by atoms with Gasteiger partial charge in [0, 0.05) is 30.9 Å². The Morgan fingerprint density at radius 3 is 2.26 bits per heavy atom. The van der Waals surface area contributed by atoms with Gasteiger partial charge in [0.25, 0.3) is 0 Å². The van der Waals surface area contributed by atoms with Crippen molar-refractivity contribution in [3.05, 3.63) is 29.8 Å². The molecule has 0 saturated heterocycles. The van der Waals surface area contributed by atoms with Crippen LogP contribution in [0.3, 0.4) is 0 Å². The molecule has 0 atom stereocenters. The Labute approximate surface area is 115 Å². The third-order valence-corrected chi connectivity index (χ3v) is 2.95. The van der Waals surface area contributed by atoms with Crippen molar-refractivity contribution in [1.29, 1.82) is 0 Å². The highest BCUT2D eigenvalue weighted by Gasteiger charge is 2.07. The van der Waals surface area contributed by atoms with E-state index >= 15 is 0 Å². The molecular formula is C14H24N4O. The van der Waals surface area contributed by atoms with Crippen LogP contribution in [0.25, 0.3) is 0 Å². The van der Waals surface area contributed by atoms with E-state index in [1.807, 2.05) is 24.3 Å². The van der Waals surface area contributed by atoms with Gasteiger partial charge in [0.15, 0.2) is 5.84 Å². The lowest BCUT2D eigenvalue weighted by atomic mass is 10.1. The van der Waals surface area contributed by atoms with Gasteiger partial charge in [-0.15, -0.1) is 0 Å². The summed E-state index contributed by atoms with van der Waals surface area (Å²) in [5.74, 6) is 0.141. The van der Waals surface area contributed by atoms with Gasteiger partial charge in [-0.1, -0.05) is 12.1 Å². The van der Waals surface area contributed by atoms with Gasteiger partial charge in [0.05, 0.1) is 0 Å². The lowest BCUT2D eigenvalue weighted by molar-refractivity contribution is 0.318. The molecule has 1 aromatic carbocycles. The number of oxime groups is 1. The number of hydrogen-bond acceptors (Lipinski definition) is 4. The molecule has 0 amide bonds. The molecule has 106 valence electrons. The summed E-state index contributed by atoms with van der Waals surface area (Å²) in [5, 5.41) is 11.6. The second kappa shape index (κ2) is 7.63. The molecule has 0 heterocycles. The summed E-state index contributed by atoms with van der Waals surface area (Å²) in [6, 6.07) is 7.78. The maximum atomic E-state index is 8.64. The molecule has 0 aromatic heterocycles. The van der Waals surface area contributed by atoms with Gasteiger partial charge in [-0.05, 0) is 44.8 Å². The van der Waals surface area contributed by atoms with Gasteiger partial charge in [-0.3, -0.25) is 0 Å². The van der Waals surface area contributed by atoms with Crippen molar-refractivity contribution in [3.63, 3.8) is 0 Å². The fourth-order valence-corrected chi connectivity index (χ4v) is 1.86. The predicted molar refractivity (Wildman–Crippen MR) is 80.0 cm³/mol. The van der Waals surface area contributed by atoms with Crippen LogP contribution in [-0.4, -0.2) is 49.7 Å². The average Bonchev–Trinajstić information content (AvgIpc) is 2.42. The van der Waals surface area contributed by atoms with Crippen LogP contribution < -0.4 is 10.6 Å². The minimum Gasteiger partial charge on any atom is -0.409 e. The van der Waals surface area contributed by atoms with Gasteiger partial charge < -0.3 is 20.7 Å². The van der Waals surface area contributed by atoms with Crippen molar-refractivity contribution in [2.75, 3.05) is 38.6 Å². The van der Waals surface area contributed by atoms with Gasteiger partial charge in [-0.2, -0.15) is 0 Å². The summed E-state index contributed by atoms with van der Waals surface area (Å²) < 4.78 is 0. The number of nitrogens with zero attached hydrogens (tertiary/aromatic N) is 3. The van der Waals surface area contributed by atoms with Crippen LogP contribution in [0.2, 0.25) is 0 Å². The third-order valence-electron chi connectivity index (χ3n) is 2.95. The average molecular weight is 264 g/mol. The van der Waals surface area contributed by atoms with Crippen molar-refractivity contribution >= 4 is 11.5 Å². The van der Waals surface area contributed by atoms with Crippen LogP contribution >= 0.6 is 0 Å². The predicted octanol–water partition coefficient (Wildman–Crippen LogP) is 1.56. The SMILES string of the molecule is CCCN(CCN(C)C)c1ccc(C(N)=NO)cc1. The summed E-state index contributed by atoms with van der Waals surface area (Å²) in [7, 11) is 4.15. The van der Waals surface area contributed by atoms with E-state index in [1.165, 1.54) is 0 Å². The van der Waals surface area contributed by atoms with Crippen molar-refractivity contribution in [2.24, 2.45) is 10.9 Å². The first-order valence-corrected chi connectivity index (χ1v) is 6.56. The molecule has 0 unspecified atom stereocenters. The van der Waals surface area contributed by atoms with Gasteiger partial charge in [-0.25, -0.2) is 0 Å². The van der Waals surface area contributed by atoms with E-state index in [9.17, 15) is 0 Å². The summed E-state index contributed by atoms with van der Waals surface area (Å²) in [6.07, 6.45) is 1.11. The molecule has 3 N–H and O–H groups in total. The van der Waals surface area contributed by atoms with Crippen LogP contribution in [0.5, 0.6) is 0 Å². The van der Waals surface area contributed by atoms with Gasteiger partial charge in [0.2, 0.25) is 0 Å². The zero-order valence-corrected chi connectivity index (χ0v) is 12.0. The molecular weight excluding hydrogens is 240 g/mol. The molecule has 5 heteroatoms. The first kappa shape index (κ1) is 15.3. The Kier molecular flexibility index (Phi) is 6.15. The van der Waals surface area contributed by atoms with Crippen molar-refractivity contribution in [2.45, 2.75) is 13.3 Å². The summed E-state index contributed by atoms with van der Waals surface area (Å²) in [6.45, 7) is 5.20. The van der Waals surface area contributed by atoms with E-state index in [2.05, 4.69) is 36.0 Å². The first-order valence-electron chi connectivity index (χ1n) is 6.56. The molecule has 0 aliphatic carbocycles. The Morgan fingerprint density at radius 1 is 1.16 bits per heavy atom. The van der Waals surface area contributed by atoms with Gasteiger partial charge in [0.1, 0.15) is 0 Å². The number of benzene rings is 1. The molecule has 0 aliphatic heterocycles. The Morgan fingerprint density at radius 2 is 1.79 bits per heavy atom. The van der Waals surface area contributed by atoms with Crippen molar-refractivity contribution in [3.8, 4) is 0 Å². The van der Waals surface area contributed by atoms with Gasteiger partial charge >= 0.3 is 0 Å². The minimum atomic E-state index is 0.141. The fourth-order valence-electron chi connectivity index (χ4n) is 1.86. The van der Waals surface area contributed by atoms with E-state index in [1.54, 1.807) is 0 Å². The lowest BCUT2D eigenvalue weighted by Gasteiger charge is -2.26. The molecule has 0 radical (unpaired) electrons. The molecule has 0 bridgehead atoms. The highest BCUT2D eigenvalue weighted by molar-refractivity contribution is 5.97. The van der Waals surface area contributed by atoms with E-state index in [0.29, 0.717) is 0 Å². The van der Waals surface area contributed by atoms with Crippen LogP contribution in [0.4, 0.5) is 5.69 Å². The Hall–Kier alpha value is -1.75. The van der Waals surface area contributed by atoms with Crippen LogP contribution in [0, 0.1) is 0 Å². The highest BCUT2D eigenvalue weighted by Crippen LogP contribution is 2.15. The van der Waals surface area contributed by atoms with E-state index < -0.39 is 0 Å². The standard InChI is InChI=1S/C14H24N4O/c1-4-9-18(11-10-17(2)3)13-7-5-12(6-8-13)14(15)16-19/h5-8,19H,4,9-11H2,1-3H3,(H2,15,16). The molecule has 19 heavy (non-hydrogen) atoms. The summed E-state index contributed by atoms with van der Waals surface area (Å²) in [4.78, 5) is 4.52. The topological polar surface area (TPSA) is 65.1 Å². The largest absolute Gasteiger partial charge is 0.409 e. The number of hydrogen-bond donors (Lipinski definition) is 2. The molecule has 0 aliphatic rings. The number of amidine groups is 1. The molecule has 0 fully saturated rings. The molecule has 1 rings (SSSR count). The maximum absolute atomic E-state index is 8.64. The third kappa shape index (κ3) is 4.79. The molecule has 0 spiro atoms. The number of rotatable bonds is 7. The van der Waals surface area contributed by atoms with Crippen LogP contribution in [0.15, 0.2) is 29.4 Å². The zero-order chi connectivity index (χ0) is 14.3. The highest BCUT2D eigenvalue weighted by atomic mass is 16.4. The van der Waals surface area contributed by atoms with E-state index in [4.69, 9.17) is 10.9 Å². The number of nitrogens with two attached hydrogens (primary N) is 1. The van der Waals surface area contributed by atoms with Crippen molar-refractivity contribution < 1.29 is 5.21 Å². The molecule has 1 aromatic rings. The Bertz CT molecular complexity index is 400. The quantitative estimate of drug-likeness (QED) is 0.339. The summed E-state index contributed by atoms with van der Waals surface area (Å²) >= 11 is 0. The zero-order valence-electron chi connectivity index (χ0n) is 12.0. The van der Waals surface area contributed by atoms with Crippen LogP contribution in [-0.2, 0) is 0 Å². The second-order valence-corrected chi connectivity index (χ2v) is 4.82. The smallest absolute Gasteiger partial charge is 0.170 e. The first-order chi connectivity index (χ1) is 9.08. The van der Waals surface area contributed by atoms with Crippen LogP contribution in [0.1, 0.15) is 18.9 Å². The maximum Gasteiger partial charge on any atom is 0.170 e. The van der Waals surface area contributed by atoms with E-state index in [0.717, 1.165) is 37.3 Å². The molecule has 5 nitrogen and oxygen atoms in total. The lowest BCUT2D eigenvalue weighted by Crippen LogP contribution is -2.32. The minimum absolute atomic E-state index is 0.141. The summed E-state index contributed by atoms with van der Waals surface area (Å²) in [5.41, 5.74) is 7.45. The second-order valence-electron chi connectivity index (χ2n) is 4.82.